The van der Waals surface area contributed by atoms with Crippen molar-refractivity contribution in [1.82, 2.24) is 0 Å². The Kier molecular flexibility index (Phi) is 4.38. The fourth-order valence-electron chi connectivity index (χ4n) is 2.64. The number of carbonyl (C=O) groups is 1. The van der Waals surface area contributed by atoms with Gasteiger partial charge in [-0.15, -0.1) is 0 Å². The highest BCUT2D eigenvalue weighted by Gasteiger charge is 2.28. The summed E-state index contributed by atoms with van der Waals surface area (Å²) in [4.78, 5) is 10.7. The van der Waals surface area contributed by atoms with Crippen LogP contribution >= 0.6 is 0 Å². The van der Waals surface area contributed by atoms with Crippen LogP contribution in [0.5, 0.6) is 0 Å². The van der Waals surface area contributed by atoms with E-state index in [9.17, 15) is 9.90 Å². The molecule has 0 aromatic rings. The molecule has 1 aliphatic carbocycles. The lowest BCUT2D eigenvalue weighted by Gasteiger charge is -2.33. The first-order chi connectivity index (χ1) is 8.14. The molecule has 0 aromatic carbocycles. The van der Waals surface area contributed by atoms with Crippen molar-refractivity contribution >= 4 is 5.97 Å². The fourth-order valence-corrected chi connectivity index (χ4v) is 2.64. The molecule has 1 atom stereocenters. The van der Waals surface area contributed by atoms with Gasteiger partial charge in [-0.3, -0.25) is 4.79 Å². The third-order valence-corrected chi connectivity index (χ3v) is 3.66. The first-order valence-electron chi connectivity index (χ1n) is 6.48. The summed E-state index contributed by atoms with van der Waals surface area (Å²) in [6.45, 7) is 8.04. The number of aliphatic hydroxyl groups is 1. The average molecular weight is 252 g/mol. The van der Waals surface area contributed by atoms with Gasteiger partial charge in [-0.25, -0.2) is 0 Å². The number of hydrogen-bond acceptors (Lipinski definition) is 2. The van der Waals surface area contributed by atoms with Crippen LogP contribution in [-0.2, 0) is 4.79 Å². The van der Waals surface area contributed by atoms with Crippen molar-refractivity contribution in [3.63, 3.8) is 0 Å². The second kappa shape index (κ2) is 5.27. The molecule has 18 heavy (non-hydrogen) atoms. The topological polar surface area (TPSA) is 57.5 Å². The molecule has 0 spiro atoms. The van der Waals surface area contributed by atoms with Crippen molar-refractivity contribution in [2.75, 3.05) is 0 Å². The molecule has 0 aliphatic heterocycles. The Morgan fingerprint density at radius 1 is 1.50 bits per heavy atom. The monoisotopic (exact) mass is 252 g/mol. The van der Waals surface area contributed by atoms with Gasteiger partial charge in [0, 0.05) is 0 Å². The van der Waals surface area contributed by atoms with Gasteiger partial charge >= 0.3 is 5.97 Å². The Balaban J connectivity index is 2.91. The summed E-state index contributed by atoms with van der Waals surface area (Å²) in [6.07, 6.45) is 6.68. The lowest BCUT2D eigenvalue weighted by atomic mass is 9.72. The summed E-state index contributed by atoms with van der Waals surface area (Å²) < 4.78 is 0. The summed E-state index contributed by atoms with van der Waals surface area (Å²) in [5.74, 6) is -0.988. The second-order valence-electron chi connectivity index (χ2n) is 6.19. The van der Waals surface area contributed by atoms with E-state index in [1.807, 2.05) is 6.08 Å². The lowest BCUT2D eigenvalue weighted by Crippen LogP contribution is -2.26. The number of allylic oxidation sites excluding steroid dienone is 3. The molecule has 3 heteroatoms. The van der Waals surface area contributed by atoms with E-state index in [0.717, 1.165) is 12.8 Å². The summed E-state index contributed by atoms with van der Waals surface area (Å²) in [6, 6.07) is 0. The highest BCUT2D eigenvalue weighted by molar-refractivity contribution is 5.68. The normalized spacial score (nSPS) is 23.2. The van der Waals surface area contributed by atoms with Crippen molar-refractivity contribution in [3.8, 4) is 0 Å². The zero-order valence-electron chi connectivity index (χ0n) is 11.8. The quantitative estimate of drug-likeness (QED) is 0.807. The first kappa shape index (κ1) is 15.0. The molecule has 2 N–H and O–H groups in total. The van der Waals surface area contributed by atoms with E-state index in [0.29, 0.717) is 0 Å². The van der Waals surface area contributed by atoms with Crippen LogP contribution in [-0.4, -0.2) is 21.8 Å². The zero-order valence-corrected chi connectivity index (χ0v) is 11.8. The van der Waals surface area contributed by atoms with E-state index in [2.05, 4.69) is 20.8 Å². The largest absolute Gasteiger partial charge is 0.481 e. The van der Waals surface area contributed by atoms with E-state index in [1.54, 1.807) is 6.08 Å². The predicted octanol–water partition coefficient (Wildman–Crippen LogP) is 3.29. The minimum absolute atomic E-state index is 0.109. The molecule has 102 valence electrons. The molecule has 0 heterocycles. The van der Waals surface area contributed by atoms with Gasteiger partial charge in [0.15, 0.2) is 0 Å². The van der Waals surface area contributed by atoms with Crippen LogP contribution in [0.1, 0.15) is 53.4 Å². The molecule has 1 unspecified atom stereocenters. The maximum atomic E-state index is 10.7. The first-order valence-corrected chi connectivity index (χ1v) is 6.48. The average Bonchev–Trinajstić information content (AvgIpc) is 2.13. The maximum Gasteiger partial charge on any atom is 0.306 e. The van der Waals surface area contributed by atoms with Gasteiger partial charge in [-0.1, -0.05) is 31.6 Å². The van der Waals surface area contributed by atoms with Gasteiger partial charge in [-0.05, 0) is 44.1 Å². The molecule has 0 saturated heterocycles. The highest BCUT2D eigenvalue weighted by Crippen LogP contribution is 2.40. The summed E-state index contributed by atoms with van der Waals surface area (Å²) in [5.41, 5.74) is 1.40. The van der Waals surface area contributed by atoms with Crippen LogP contribution in [0.2, 0.25) is 0 Å². The Morgan fingerprint density at radius 3 is 2.61 bits per heavy atom. The minimum atomic E-state index is -1.29. The number of aliphatic carboxylic acids is 1. The van der Waals surface area contributed by atoms with Gasteiger partial charge in [0.05, 0.1) is 12.0 Å². The summed E-state index contributed by atoms with van der Waals surface area (Å²) in [5, 5.41) is 18.7. The summed E-state index contributed by atoms with van der Waals surface area (Å²) in [7, 11) is 0. The predicted molar refractivity (Wildman–Crippen MR) is 72.3 cm³/mol. The van der Waals surface area contributed by atoms with Crippen LogP contribution in [0.3, 0.4) is 0 Å². The Bertz CT molecular complexity index is 387. The SMILES string of the molecule is CC1=C(C=CC(C)(O)CC(=O)O)C(C)(C)CCC1. The molecule has 0 amide bonds. The Hall–Kier alpha value is -1.09. The van der Waals surface area contributed by atoms with Crippen LogP contribution < -0.4 is 0 Å². The minimum Gasteiger partial charge on any atom is -0.481 e. The Morgan fingerprint density at radius 2 is 2.11 bits per heavy atom. The van der Waals surface area contributed by atoms with E-state index >= 15 is 0 Å². The fraction of sp³-hybridized carbons (Fsp3) is 0.667. The molecule has 0 bridgehead atoms. The number of carboxylic acid groups (broad SMARTS) is 1. The van der Waals surface area contributed by atoms with Crippen molar-refractivity contribution in [1.29, 1.82) is 0 Å². The number of rotatable bonds is 4. The van der Waals surface area contributed by atoms with Gasteiger partial charge in [-0.2, -0.15) is 0 Å². The molecule has 0 saturated carbocycles. The molecule has 3 nitrogen and oxygen atoms in total. The van der Waals surface area contributed by atoms with Gasteiger partial charge < -0.3 is 10.2 Å². The van der Waals surface area contributed by atoms with E-state index < -0.39 is 11.6 Å². The Labute approximate surface area is 109 Å². The number of hydrogen-bond donors (Lipinski definition) is 2. The van der Waals surface area contributed by atoms with Crippen LogP contribution in [0.25, 0.3) is 0 Å². The standard InChI is InChI=1S/C15H24O3/c1-11-6-5-8-14(2,3)12(11)7-9-15(4,18)10-13(16)17/h7,9,18H,5-6,8,10H2,1-4H3,(H,16,17). The van der Waals surface area contributed by atoms with Gasteiger partial charge in [0.1, 0.15) is 0 Å². The molecule has 0 fully saturated rings. The molecular weight excluding hydrogens is 228 g/mol. The molecule has 0 aromatic heterocycles. The second-order valence-corrected chi connectivity index (χ2v) is 6.19. The van der Waals surface area contributed by atoms with Crippen LogP contribution in [0.15, 0.2) is 23.3 Å². The van der Waals surface area contributed by atoms with Crippen molar-refractivity contribution < 1.29 is 15.0 Å². The molecule has 0 radical (unpaired) electrons. The smallest absolute Gasteiger partial charge is 0.306 e. The third-order valence-electron chi connectivity index (χ3n) is 3.66. The van der Waals surface area contributed by atoms with Gasteiger partial charge in [0.2, 0.25) is 0 Å². The number of carboxylic acids is 1. The van der Waals surface area contributed by atoms with Crippen LogP contribution in [0.4, 0.5) is 0 Å². The zero-order chi connectivity index (χ0) is 14.0. The van der Waals surface area contributed by atoms with E-state index in [-0.39, 0.29) is 11.8 Å². The maximum absolute atomic E-state index is 10.7. The summed E-state index contributed by atoms with van der Waals surface area (Å²) >= 11 is 0. The molecular formula is C15H24O3. The van der Waals surface area contributed by atoms with Crippen molar-refractivity contribution in [2.45, 2.75) is 59.0 Å². The molecule has 1 rings (SSSR count). The van der Waals surface area contributed by atoms with E-state index in [1.165, 1.54) is 24.5 Å². The highest BCUT2D eigenvalue weighted by atomic mass is 16.4. The lowest BCUT2D eigenvalue weighted by molar-refractivity contribution is -0.140. The van der Waals surface area contributed by atoms with Crippen molar-refractivity contribution in [2.24, 2.45) is 5.41 Å². The molecule has 1 aliphatic rings. The van der Waals surface area contributed by atoms with Crippen LogP contribution in [0, 0.1) is 5.41 Å². The van der Waals surface area contributed by atoms with E-state index in [4.69, 9.17) is 5.11 Å². The third kappa shape index (κ3) is 3.98. The van der Waals surface area contributed by atoms with Gasteiger partial charge in [0.25, 0.3) is 0 Å². The van der Waals surface area contributed by atoms with Crippen molar-refractivity contribution in [3.05, 3.63) is 23.3 Å².